The first-order valence-electron chi connectivity index (χ1n) is 9.04. The fourth-order valence-electron chi connectivity index (χ4n) is 4.20. The average molecular weight is 403 g/mol. The molecule has 8 heteroatoms. The Labute approximate surface area is 159 Å². The Morgan fingerprint density at radius 1 is 1.23 bits per heavy atom. The monoisotopic (exact) mass is 402 g/mol. The molecule has 5 nitrogen and oxygen atoms in total. The van der Waals surface area contributed by atoms with Gasteiger partial charge >= 0.3 is 0 Å². The molecule has 0 radical (unpaired) electrons. The normalized spacial score (nSPS) is 24.6. The zero-order valence-corrected chi connectivity index (χ0v) is 16.5. The second kappa shape index (κ2) is 7.44. The summed E-state index contributed by atoms with van der Waals surface area (Å²) in [5, 5.41) is 0.214. The van der Waals surface area contributed by atoms with Gasteiger partial charge in [0.2, 0.25) is 15.9 Å². The summed E-state index contributed by atoms with van der Waals surface area (Å²) in [7, 11) is -3.80. The Hall–Kier alpha value is -1.18. The zero-order chi connectivity index (χ0) is 18.9. The van der Waals surface area contributed by atoms with E-state index in [2.05, 4.69) is 0 Å². The fraction of sp³-hybridized carbons (Fsp3) is 0.611. The van der Waals surface area contributed by atoms with Gasteiger partial charge in [-0.05, 0) is 55.9 Å². The predicted octanol–water partition coefficient (Wildman–Crippen LogP) is 3.18. The van der Waals surface area contributed by atoms with Crippen molar-refractivity contribution in [2.24, 2.45) is 0 Å². The van der Waals surface area contributed by atoms with Crippen molar-refractivity contribution in [2.45, 2.75) is 50.3 Å². The number of halogens is 2. The van der Waals surface area contributed by atoms with Gasteiger partial charge in [-0.1, -0.05) is 18.5 Å². The number of hydrogen-bond acceptors (Lipinski definition) is 3. The molecule has 0 aliphatic carbocycles. The molecule has 2 aliphatic heterocycles. The molecule has 0 saturated carbocycles. The Morgan fingerprint density at radius 2 is 1.92 bits per heavy atom. The van der Waals surface area contributed by atoms with Gasteiger partial charge in [0.15, 0.2) is 0 Å². The third-order valence-corrected chi connectivity index (χ3v) is 7.56. The van der Waals surface area contributed by atoms with Gasteiger partial charge in [-0.3, -0.25) is 4.79 Å². The van der Waals surface area contributed by atoms with Crippen molar-refractivity contribution in [3.8, 4) is 0 Å². The maximum absolute atomic E-state index is 13.5. The van der Waals surface area contributed by atoms with E-state index in [0.29, 0.717) is 38.9 Å². The molecule has 1 amide bonds. The van der Waals surface area contributed by atoms with Crippen LogP contribution in [0.5, 0.6) is 0 Å². The highest BCUT2D eigenvalue weighted by Gasteiger charge is 2.54. The lowest BCUT2D eigenvalue weighted by Crippen LogP contribution is -2.61. The number of amides is 1. The lowest BCUT2D eigenvalue weighted by atomic mass is 9.86. The number of hydrogen-bond donors (Lipinski definition) is 0. The third-order valence-electron chi connectivity index (χ3n) is 5.31. The molecular formula is C18H24ClFN2O3S. The quantitative estimate of drug-likeness (QED) is 0.760. The molecule has 3 rings (SSSR count). The third kappa shape index (κ3) is 3.49. The molecule has 2 saturated heterocycles. The highest BCUT2D eigenvalue weighted by Crippen LogP contribution is 2.41. The van der Waals surface area contributed by atoms with E-state index in [-0.39, 0.29) is 16.5 Å². The summed E-state index contributed by atoms with van der Waals surface area (Å²) in [5.74, 6) is -1.01. The smallest absolute Gasteiger partial charge is 0.244 e. The molecule has 2 heterocycles. The van der Waals surface area contributed by atoms with Crippen molar-refractivity contribution in [1.82, 2.24) is 9.21 Å². The van der Waals surface area contributed by atoms with Crippen molar-refractivity contribution < 1.29 is 17.6 Å². The minimum Gasteiger partial charge on any atom is -0.341 e. The standard InChI is InChI=1S/C18H24ClFN2O3S/c1-2-9-21-10-3-7-18(17(21)23)8-4-11-22(18)26(24,25)13-14-12-15(20)5-6-16(14)19/h5-6,12H,2-4,7-11,13H2,1H3. The summed E-state index contributed by atoms with van der Waals surface area (Å²) < 4.78 is 41.1. The van der Waals surface area contributed by atoms with E-state index in [0.717, 1.165) is 18.9 Å². The molecule has 144 valence electrons. The summed E-state index contributed by atoms with van der Waals surface area (Å²) in [6.45, 7) is 3.65. The van der Waals surface area contributed by atoms with Crippen LogP contribution in [-0.2, 0) is 20.6 Å². The van der Waals surface area contributed by atoms with Gasteiger partial charge in [0.25, 0.3) is 0 Å². The lowest BCUT2D eigenvalue weighted by Gasteiger charge is -2.43. The summed E-state index contributed by atoms with van der Waals surface area (Å²) in [6, 6.07) is 3.70. The number of nitrogens with zero attached hydrogens (tertiary/aromatic N) is 2. The van der Waals surface area contributed by atoms with Crippen LogP contribution in [0.3, 0.4) is 0 Å². The maximum Gasteiger partial charge on any atom is 0.244 e. The first-order chi connectivity index (χ1) is 12.3. The first kappa shape index (κ1) is 19.6. The van der Waals surface area contributed by atoms with E-state index >= 15 is 0 Å². The van der Waals surface area contributed by atoms with E-state index in [1.165, 1.54) is 16.4 Å². The predicted molar refractivity (Wildman–Crippen MR) is 98.8 cm³/mol. The van der Waals surface area contributed by atoms with Gasteiger partial charge in [0.1, 0.15) is 11.4 Å². The molecule has 1 aromatic rings. The Balaban J connectivity index is 1.91. The maximum atomic E-state index is 13.5. The lowest BCUT2D eigenvalue weighted by molar-refractivity contribution is -0.144. The van der Waals surface area contributed by atoms with E-state index in [9.17, 15) is 17.6 Å². The van der Waals surface area contributed by atoms with Crippen molar-refractivity contribution in [3.05, 3.63) is 34.6 Å². The fourth-order valence-corrected chi connectivity index (χ4v) is 6.45. The number of benzene rings is 1. The molecule has 1 unspecified atom stereocenters. The SMILES string of the molecule is CCCN1CCCC2(CCCN2S(=O)(=O)Cc2cc(F)ccc2Cl)C1=O. The molecule has 1 aromatic carbocycles. The van der Waals surface area contributed by atoms with E-state index in [1.807, 2.05) is 6.92 Å². The van der Waals surface area contributed by atoms with Crippen molar-refractivity contribution in [2.75, 3.05) is 19.6 Å². The van der Waals surface area contributed by atoms with Gasteiger partial charge in [0.05, 0.1) is 5.75 Å². The summed E-state index contributed by atoms with van der Waals surface area (Å²) >= 11 is 6.05. The average Bonchev–Trinajstić information content (AvgIpc) is 3.01. The molecule has 1 spiro atoms. The van der Waals surface area contributed by atoms with Crippen LogP contribution in [0.25, 0.3) is 0 Å². The zero-order valence-electron chi connectivity index (χ0n) is 14.9. The van der Waals surface area contributed by atoms with E-state index < -0.39 is 27.1 Å². The van der Waals surface area contributed by atoms with Crippen LogP contribution in [0.4, 0.5) is 4.39 Å². The van der Waals surface area contributed by atoms with Gasteiger partial charge in [-0.15, -0.1) is 0 Å². The Bertz CT molecular complexity index is 800. The number of sulfonamides is 1. The summed E-state index contributed by atoms with van der Waals surface area (Å²) in [4.78, 5) is 14.9. The second-order valence-electron chi connectivity index (χ2n) is 7.09. The minimum atomic E-state index is -3.80. The van der Waals surface area contributed by atoms with Gasteiger partial charge in [0, 0.05) is 24.7 Å². The van der Waals surface area contributed by atoms with Gasteiger partial charge in [-0.25, -0.2) is 12.8 Å². The van der Waals surface area contributed by atoms with Crippen LogP contribution in [0.2, 0.25) is 5.02 Å². The molecule has 2 aliphatic rings. The molecule has 2 fully saturated rings. The molecule has 0 bridgehead atoms. The topological polar surface area (TPSA) is 57.7 Å². The number of piperidine rings is 1. The second-order valence-corrected chi connectivity index (χ2v) is 9.40. The van der Waals surface area contributed by atoms with Gasteiger partial charge < -0.3 is 4.90 Å². The van der Waals surface area contributed by atoms with E-state index in [4.69, 9.17) is 11.6 Å². The molecule has 0 aromatic heterocycles. The van der Waals surface area contributed by atoms with Crippen molar-refractivity contribution >= 4 is 27.5 Å². The molecule has 0 N–H and O–H groups in total. The van der Waals surface area contributed by atoms with Crippen molar-refractivity contribution in [3.63, 3.8) is 0 Å². The summed E-state index contributed by atoms with van der Waals surface area (Å²) in [5.41, 5.74) is -0.756. The number of rotatable bonds is 5. The highest BCUT2D eigenvalue weighted by molar-refractivity contribution is 7.88. The molecule has 1 atom stereocenters. The number of carbonyl (C=O) groups excluding carboxylic acids is 1. The van der Waals surface area contributed by atoms with Crippen LogP contribution in [-0.4, -0.2) is 48.7 Å². The van der Waals surface area contributed by atoms with Crippen LogP contribution < -0.4 is 0 Å². The summed E-state index contributed by atoms with van der Waals surface area (Å²) in [6.07, 6.45) is 3.37. The Kier molecular flexibility index (Phi) is 5.61. The van der Waals surface area contributed by atoms with E-state index in [1.54, 1.807) is 4.90 Å². The van der Waals surface area contributed by atoms with Crippen LogP contribution in [0, 0.1) is 5.82 Å². The largest absolute Gasteiger partial charge is 0.341 e. The Morgan fingerprint density at radius 3 is 2.62 bits per heavy atom. The number of carbonyl (C=O) groups is 1. The first-order valence-corrected chi connectivity index (χ1v) is 11.0. The molecular weight excluding hydrogens is 379 g/mol. The van der Waals surface area contributed by atoms with Crippen LogP contribution in [0.1, 0.15) is 44.6 Å². The molecule has 26 heavy (non-hydrogen) atoms. The number of likely N-dealkylation sites (tertiary alicyclic amines) is 1. The van der Waals surface area contributed by atoms with Crippen molar-refractivity contribution in [1.29, 1.82) is 0 Å². The van der Waals surface area contributed by atoms with Gasteiger partial charge in [-0.2, -0.15) is 4.31 Å². The van der Waals surface area contributed by atoms with Crippen LogP contribution in [0.15, 0.2) is 18.2 Å². The minimum absolute atomic E-state index is 0.0861. The van der Waals surface area contributed by atoms with Crippen LogP contribution >= 0.6 is 11.6 Å². The highest BCUT2D eigenvalue weighted by atomic mass is 35.5.